The molecule has 0 radical (unpaired) electrons. The topological polar surface area (TPSA) is 80.8 Å². The van der Waals surface area contributed by atoms with Crippen molar-refractivity contribution in [3.05, 3.63) is 59.2 Å². The second kappa shape index (κ2) is 7.41. The summed E-state index contributed by atoms with van der Waals surface area (Å²) >= 11 is 0. The molecule has 1 saturated heterocycles. The Kier molecular flexibility index (Phi) is 5.21. The van der Waals surface area contributed by atoms with Gasteiger partial charge in [-0.2, -0.15) is 0 Å². The number of aryl methyl sites for hydroxylation is 1. The summed E-state index contributed by atoms with van der Waals surface area (Å²) in [7, 11) is -5.93. The van der Waals surface area contributed by atoms with Crippen molar-refractivity contribution in [2.24, 2.45) is 0 Å². The van der Waals surface area contributed by atoms with E-state index in [0.29, 0.717) is 13.1 Å². The van der Waals surface area contributed by atoms with Gasteiger partial charge in [0, 0.05) is 19.1 Å². The molecular weight excluding hydrogens is 410 g/mol. The summed E-state index contributed by atoms with van der Waals surface area (Å²) in [4.78, 5) is 2.10. The third kappa shape index (κ3) is 3.81. The van der Waals surface area contributed by atoms with Gasteiger partial charge in [0.15, 0.2) is 19.7 Å². The quantitative estimate of drug-likeness (QED) is 0.731. The van der Waals surface area contributed by atoms with Gasteiger partial charge in [-0.3, -0.25) is 4.90 Å². The van der Waals surface area contributed by atoms with Crippen LogP contribution in [-0.2, 0) is 32.6 Å². The highest BCUT2D eigenvalue weighted by Crippen LogP contribution is 2.35. The zero-order valence-corrected chi connectivity index (χ0v) is 18.2. The Morgan fingerprint density at radius 3 is 2.52 bits per heavy atom. The van der Waals surface area contributed by atoms with Crippen LogP contribution < -0.4 is 4.74 Å². The number of fused-ring (bicyclic) bond motifs is 1. The van der Waals surface area contributed by atoms with Crippen LogP contribution >= 0.6 is 0 Å². The largest absolute Gasteiger partial charge is 0.495 e. The highest BCUT2D eigenvalue weighted by atomic mass is 32.2. The van der Waals surface area contributed by atoms with Crippen LogP contribution in [0.15, 0.2) is 47.4 Å². The summed E-state index contributed by atoms with van der Waals surface area (Å²) in [5.74, 6) is -0.231. The number of methoxy groups -OCH3 is 1. The van der Waals surface area contributed by atoms with E-state index in [1.54, 1.807) is 18.2 Å². The van der Waals surface area contributed by atoms with Gasteiger partial charge in [0.1, 0.15) is 10.6 Å². The molecule has 0 aliphatic carbocycles. The number of hydrogen-bond acceptors (Lipinski definition) is 6. The lowest BCUT2D eigenvalue weighted by Gasteiger charge is -2.35. The minimum Gasteiger partial charge on any atom is -0.495 e. The molecular formula is C21H25NO5S2. The number of benzene rings is 2. The second-order valence-electron chi connectivity index (χ2n) is 7.87. The Morgan fingerprint density at radius 2 is 1.79 bits per heavy atom. The molecule has 156 valence electrons. The molecule has 2 aliphatic heterocycles. The smallest absolute Gasteiger partial charge is 0.187 e. The van der Waals surface area contributed by atoms with Crippen molar-refractivity contribution in [1.29, 1.82) is 0 Å². The average Bonchev–Trinajstić information content (AvgIpc) is 3.04. The van der Waals surface area contributed by atoms with Gasteiger partial charge in [-0.1, -0.05) is 30.3 Å². The van der Waals surface area contributed by atoms with Crippen molar-refractivity contribution >= 4 is 19.7 Å². The van der Waals surface area contributed by atoms with E-state index in [9.17, 15) is 16.8 Å². The third-order valence-corrected chi connectivity index (χ3v) is 10.1. The summed E-state index contributed by atoms with van der Waals surface area (Å²) < 4.78 is 57.5. The normalized spacial score (nSPS) is 24.2. The van der Waals surface area contributed by atoms with E-state index in [-0.39, 0.29) is 22.2 Å². The first-order chi connectivity index (χ1) is 13.7. The zero-order valence-electron chi connectivity index (χ0n) is 16.5. The number of nitrogens with zero attached hydrogens (tertiary/aromatic N) is 1. The molecule has 0 saturated carbocycles. The van der Waals surface area contributed by atoms with Crippen molar-refractivity contribution in [3.63, 3.8) is 0 Å². The zero-order chi connectivity index (χ0) is 20.8. The highest BCUT2D eigenvalue weighted by Gasteiger charge is 2.49. The van der Waals surface area contributed by atoms with Gasteiger partial charge in [-0.25, -0.2) is 16.8 Å². The van der Waals surface area contributed by atoms with E-state index in [1.165, 1.54) is 12.7 Å². The van der Waals surface area contributed by atoms with E-state index in [0.717, 1.165) is 17.5 Å². The minimum atomic E-state index is -3.90. The first-order valence-corrected chi connectivity index (χ1v) is 13.0. The van der Waals surface area contributed by atoms with Crippen LogP contribution in [-0.4, -0.2) is 58.2 Å². The molecule has 6 nitrogen and oxygen atoms in total. The van der Waals surface area contributed by atoms with E-state index < -0.39 is 31.0 Å². The average molecular weight is 436 g/mol. The Labute approximate surface area is 172 Å². The fourth-order valence-corrected chi connectivity index (χ4v) is 9.48. The standard InChI is InChI=1S/C21H25NO5S2/c1-15-7-8-19(27-2)20(11-15)29(25,26)21-14-28(23,24)13-18(21)22-10-9-16-5-3-4-6-17(16)12-22/h3-8,11,18,21H,9-10,12-14H2,1-2H3/t18-,21+/m0/s1. The minimum absolute atomic E-state index is 0.0736. The predicted molar refractivity (Wildman–Crippen MR) is 112 cm³/mol. The molecule has 1 fully saturated rings. The Hall–Kier alpha value is -1.90. The van der Waals surface area contributed by atoms with Crippen LogP contribution in [0.3, 0.4) is 0 Å². The van der Waals surface area contributed by atoms with Crippen LogP contribution in [0.2, 0.25) is 0 Å². The summed E-state index contributed by atoms with van der Waals surface area (Å²) in [5, 5.41) is -1.01. The summed E-state index contributed by atoms with van der Waals surface area (Å²) in [6, 6.07) is 12.5. The maximum Gasteiger partial charge on any atom is 0.187 e. The summed E-state index contributed by atoms with van der Waals surface area (Å²) in [5.41, 5.74) is 3.16. The molecule has 2 heterocycles. The second-order valence-corrected chi connectivity index (χ2v) is 12.2. The number of rotatable bonds is 4. The van der Waals surface area contributed by atoms with Gasteiger partial charge in [0.25, 0.3) is 0 Å². The van der Waals surface area contributed by atoms with Crippen LogP contribution in [0, 0.1) is 6.92 Å². The molecule has 4 rings (SSSR count). The molecule has 2 aromatic rings. The molecule has 0 unspecified atom stereocenters. The lowest BCUT2D eigenvalue weighted by molar-refractivity contribution is 0.195. The molecule has 0 bridgehead atoms. The van der Waals surface area contributed by atoms with Gasteiger partial charge < -0.3 is 4.74 Å². The molecule has 0 aromatic heterocycles. The van der Waals surface area contributed by atoms with Crippen molar-refractivity contribution < 1.29 is 21.6 Å². The van der Waals surface area contributed by atoms with Gasteiger partial charge in [0.05, 0.1) is 23.9 Å². The van der Waals surface area contributed by atoms with E-state index in [4.69, 9.17) is 4.74 Å². The molecule has 0 N–H and O–H groups in total. The first-order valence-electron chi connectivity index (χ1n) is 9.61. The van der Waals surface area contributed by atoms with Crippen LogP contribution in [0.1, 0.15) is 16.7 Å². The Morgan fingerprint density at radius 1 is 1.07 bits per heavy atom. The lowest BCUT2D eigenvalue weighted by atomic mass is 9.98. The molecule has 2 atom stereocenters. The van der Waals surface area contributed by atoms with Crippen LogP contribution in [0.25, 0.3) is 0 Å². The van der Waals surface area contributed by atoms with Gasteiger partial charge in [-0.15, -0.1) is 0 Å². The maximum atomic E-state index is 13.6. The monoisotopic (exact) mass is 435 g/mol. The van der Waals surface area contributed by atoms with Crippen molar-refractivity contribution in [2.45, 2.75) is 36.1 Å². The van der Waals surface area contributed by atoms with Crippen molar-refractivity contribution in [2.75, 3.05) is 25.2 Å². The SMILES string of the molecule is COc1ccc(C)cc1S(=O)(=O)[C@@H]1CS(=O)(=O)C[C@@H]1N1CCc2ccccc2C1. The Balaban J connectivity index is 1.73. The van der Waals surface area contributed by atoms with Crippen molar-refractivity contribution in [3.8, 4) is 5.75 Å². The number of ether oxygens (including phenoxy) is 1. The fourth-order valence-electron chi connectivity index (χ4n) is 4.40. The van der Waals surface area contributed by atoms with E-state index in [2.05, 4.69) is 6.07 Å². The molecule has 2 aromatic carbocycles. The molecule has 0 amide bonds. The number of hydrogen-bond donors (Lipinski definition) is 0. The fraction of sp³-hybridized carbons (Fsp3) is 0.429. The predicted octanol–water partition coefficient (Wildman–Crippen LogP) is 2.00. The van der Waals surface area contributed by atoms with Gasteiger partial charge in [0.2, 0.25) is 0 Å². The number of sulfone groups is 2. The van der Waals surface area contributed by atoms with Gasteiger partial charge >= 0.3 is 0 Å². The van der Waals surface area contributed by atoms with Crippen molar-refractivity contribution in [1.82, 2.24) is 4.90 Å². The maximum absolute atomic E-state index is 13.6. The summed E-state index contributed by atoms with van der Waals surface area (Å²) in [6.07, 6.45) is 0.785. The molecule has 2 aliphatic rings. The highest BCUT2D eigenvalue weighted by molar-refractivity contribution is 7.96. The summed E-state index contributed by atoms with van der Waals surface area (Å²) in [6.45, 7) is 3.02. The van der Waals surface area contributed by atoms with Crippen LogP contribution in [0.4, 0.5) is 0 Å². The molecule has 0 spiro atoms. The van der Waals surface area contributed by atoms with Crippen LogP contribution in [0.5, 0.6) is 5.75 Å². The van der Waals surface area contributed by atoms with E-state index >= 15 is 0 Å². The Bertz CT molecular complexity index is 1140. The first kappa shape index (κ1) is 20.4. The third-order valence-electron chi connectivity index (χ3n) is 5.93. The lowest BCUT2D eigenvalue weighted by Crippen LogP contribution is -2.48. The molecule has 8 heteroatoms. The molecule has 29 heavy (non-hydrogen) atoms. The van der Waals surface area contributed by atoms with Gasteiger partial charge in [-0.05, 0) is 42.2 Å². The van der Waals surface area contributed by atoms with E-state index in [1.807, 2.05) is 30.0 Å².